The van der Waals surface area contributed by atoms with Crippen LogP contribution in [-0.2, 0) is 4.79 Å². The number of nitrogens with zero attached hydrogens (tertiary/aromatic N) is 2. The van der Waals surface area contributed by atoms with Crippen LogP contribution in [0.15, 0.2) is 12.1 Å². The third-order valence-corrected chi connectivity index (χ3v) is 3.63. The van der Waals surface area contributed by atoms with Gasteiger partial charge in [-0.15, -0.1) is 0 Å². The first kappa shape index (κ1) is 17.3. The quantitative estimate of drug-likeness (QED) is 0.719. The lowest BCUT2D eigenvalue weighted by Crippen LogP contribution is -2.47. The number of likely N-dealkylation sites (N-methyl/N-ethyl adjacent to an activating group) is 1. The SMILES string of the molecule is CCCOc1cc(C=O)cc2c1OC(C)C(=O)N2CCN(C)C. The fraction of sp³-hybridized carbons (Fsp3) is 0.529. The van der Waals surface area contributed by atoms with Crippen molar-refractivity contribution in [3.8, 4) is 11.5 Å². The number of rotatable bonds is 7. The highest BCUT2D eigenvalue weighted by molar-refractivity contribution is 6.01. The summed E-state index contributed by atoms with van der Waals surface area (Å²) in [5.41, 5.74) is 1.07. The van der Waals surface area contributed by atoms with Crippen LogP contribution in [0.1, 0.15) is 30.6 Å². The number of carbonyl (C=O) groups is 2. The average Bonchev–Trinajstić information content (AvgIpc) is 2.53. The molecule has 0 saturated heterocycles. The molecule has 6 heteroatoms. The van der Waals surface area contributed by atoms with Crippen LogP contribution in [0.2, 0.25) is 0 Å². The standard InChI is InChI=1S/C17H24N2O4/c1-5-8-22-15-10-13(11-20)9-14-16(15)23-12(2)17(21)19(14)7-6-18(3)4/h9-12H,5-8H2,1-4H3. The summed E-state index contributed by atoms with van der Waals surface area (Å²) in [6.07, 6.45) is 1.03. The van der Waals surface area contributed by atoms with Gasteiger partial charge in [-0.05, 0) is 39.6 Å². The van der Waals surface area contributed by atoms with E-state index < -0.39 is 6.10 Å². The van der Waals surface area contributed by atoms with E-state index in [0.717, 1.165) is 12.7 Å². The first-order valence-corrected chi connectivity index (χ1v) is 7.86. The van der Waals surface area contributed by atoms with Gasteiger partial charge in [0.15, 0.2) is 17.6 Å². The predicted molar refractivity (Wildman–Crippen MR) is 88.6 cm³/mol. The Hall–Kier alpha value is -2.08. The molecule has 0 fully saturated rings. The van der Waals surface area contributed by atoms with E-state index in [1.807, 2.05) is 25.9 Å². The predicted octanol–water partition coefficient (Wildman–Crippen LogP) is 1.96. The maximum Gasteiger partial charge on any atom is 0.267 e. The third kappa shape index (κ3) is 3.82. The van der Waals surface area contributed by atoms with Crippen molar-refractivity contribution in [2.75, 3.05) is 38.7 Å². The summed E-state index contributed by atoms with van der Waals surface area (Å²) in [5, 5.41) is 0. The molecule has 1 amide bonds. The number of benzene rings is 1. The summed E-state index contributed by atoms with van der Waals surface area (Å²) >= 11 is 0. The largest absolute Gasteiger partial charge is 0.490 e. The Morgan fingerprint density at radius 2 is 2.13 bits per heavy atom. The number of anilines is 1. The molecule has 6 nitrogen and oxygen atoms in total. The van der Waals surface area contributed by atoms with Gasteiger partial charge in [0.25, 0.3) is 5.91 Å². The monoisotopic (exact) mass is 320 g/mol. The van der Waals surface area contributed by atoms with Crippen LogP contribution in [0.25, 0.3) is 0 Å². The zero-order valence-corrected chi connectivity index (χ0v) is 14.2. The van der Waals surface area contributed by atoms with Crippen LogP contribution >= 0.6 is 0 Å². The number of fused-ring (bicyclic) bond motifs is 1. The molecule has 0 N–H and O–H groups in total. The molecule has 1 aliphatic heterocycles. The molecule has 0 spiro atoms. The summed E-state index contributed by atoms with van der Waals surface area (Å²) in [6.45, 7) is 5.51. The topological polar surface area (TPSA) is 59.1 Å². The van der Waals surface area contributed by atoms with Crippen molar-refractivity contribution in [1.82, 2.24) is 4.90 Å². The maximum atomic E-state index is 12.5. The molecule has 0 bridgehead atoms. The summed E-state index contributed by atoms with van der Waals surface area (Å²) in [7, 11) is 3.90. The second-order valence-electron chi connectivity index (χ2n) is 5.89. The van der Waals surface area contributed by atoms with E-state index in [9.17, 15) is 9.59 Å². The Bertz CT molecular complexity index is 586. The first-order chi connectivity index (χ1) is 11.0. The van der Waals surface area contributed by atoms with Gasteiger partial charge in [-0.1, -0.05) is 6.92 Å². The zero-order chi connectivity index (χ0) is 17.0. The van der Waals surface area contributed by atoms with Crippen LogP contribution in [-0.4, -0.2) is 57.0 Å². The Kier molecular flexibility index (Phi) is 5.60. The van der Waals surface area contributed by atoms with Gasteiger partial charge in [0.2, 0.25) is 0 Å². The molecule has 1 unspecified atom stereocenters. The number of hydrogen-bond donors (Lipinski definition) is 0. The van der Waals surface area contributed by atoms with Crippen molar-refractivity contribution in [1.29, 1.82) is 0 Å². The van der Waals surface area contributed by atoms with E-state index in [2.05, 4.69) is 0 Å². The molecule has 1 heterocycles. The number of ether oxygens (including phenoxy) is 2. The van der Waals surface area contributed by atoms with Gasteiger partial charge in [0.05, 0.1) is 12.3 Å². The number of amides is 1. The number of aldehydes is 1. The minimum Gasteiger partial charge on any atom is -0.490 e. The number of hydrogen-bond acceptors (Lipinski definition) is 5. The van der Waals surface area contributed by atoms with Crippen molar-refractivity contribution < 1.29 is 19.1 Å². The Morgan fingerprint density at radius 1 is 1.39 bits per heavy atom. The lowest BCUT2D eigenvalue weighted by molar-refractivity contribution is -0.125. The molecule has 1 aliphatic rings. The van der Waals surface area contributed by atoms with Gasteiger partial charge < -0.3 is 19.3 Å². The fourth-order valence-corrected chi connectivity index (χ4v) is 2.41. The van der Waals surface area contributed by atoms with Gasteiger partial charge in [-0.3, -0.25) is 9.59 Å². The smallest absolute Gasteiger partial charge is 0.267 e. The van der Waals surface area contributed by atoms with Crippen molar-refractivity contribution in [2.45, 2.75) is 26.4 Å². The van der Waals surface area contributed by atoms with Gasteiger partial charge in [0, 0.05) is 18.7 Å². The van der Waals surface area contributed by atoms with Crippen LogP contribution in [0.3, 0.4) is 0 Å². The van der Waals surface area contributed by atoms with Gasteiger partial charge in [-0.25, -0.2) is 0 Å². The summed E-state index contributed by atoms with van der Waals surface area (Å²) in [4.78, 5) is 27.4. The van der Waals surface area contributed by atoms with E-state index in [1.54, 1.807) is 24.0 Å². The Labute approximate surface area is 137 Å². The van der Waals surface area contributed by atoms with Crippen LogP contribution in [0.5, 0.6) is 11.5 Å². The second kappa shape index (κ2) is 7.46. The second-order valence-corrected chi connectivity index (χ2v) is 5.89. The molecular weight excluding hydrogens is 296 g/mol. The molecule has 1 aromatic rings. The molecule has 1 atom stereocenters. The molecule has 23 heavy (non-hydrogen) atoms. The molecule has 0 aromatic heterocycles. The fourth-order valence-electron chi connectivity index (χ4n) is 2.41. The Balaban J connectivity index is 2.45. The van der Waals surface area contributed by atoms with Gasteiger partial charge >= 0.3 is 0 Å². The summed E-state index contributed by atoms with van der Waals surface area (Å²) < 4.78 is 11.5. The summed E-state index contributed by atoms with van der Waals surface area (Å²) in [5.74, 6) is 0.944. The van der Waals surface area contributed by atoms with E-state index in [-0.39, 0.29) is 5.91 Å². The lowest BCUT2D eigenvalue weighted by Gasteiger charge is -2.34. The van der Waals surface area contributed by atoms with E-state index in [1.165, 1.54) is 0 Å². The molecule has 0 aliphatic carbocycles. The molecule has 1 aromatic carbocycles. The van der Waals surface area contributed by atoms with Crippen LogP contribution < -0.4 is 14.4 Å². The minimum absolute atomic E-state index is 0.108. The lowest BCUT2D eigenvalue weighted by atomic mass is 10.1. The van der Waals surface area contributed by atoms with Crippen molar-refractivity contribution in [2.24, 2.45) is 0 Å². The molecule has 0 saturated carbocycles. The van der Waals surface area contributed by atoms with E-state index >= 15 is 0 Å². The average molecular weight is 320 g/mol. The van der Waals surface area contributed by atoms with Crippen LogP contribution in [0, 0.1) is 0 Å². The minimum atomic E-state index is -0.573. The molecule has 126 valence electrons. The van der Waals surface area contributed by atoms with E-state index in [4.69, 9.17) is 9.47 Å². The third-order valence-electron chi connectivity index (χ3n) is 3.63. The number of carbonyl (C=O) groups excluding carboxylic acids is 2. The van der Waals surface area contributed by atoms with Crippen molar-refractivity contribution in [3.05, 3.63) is 17.7 Å². The van der Waals surface area contributed by atoms with Crippen molar-refractivity contribution in [3.63, 3.8) is 0 Å². The summed E-state index contributed by atoms with van der Waals surface area (Å²) in [6, 6.07) is 3.34. The molecule has 2 rings (SSSR count). The van der Waals surface area contributed by atoms with Gasteiger partial charge in [-0.2, -0.15) is 0 Å². The maximum absolute atomic E-state index is 12.5. The highest BCUT2D eigenvalue weighted by Crippen LogP contribution is 2.42. The first-order valence-electron chi connectivity index (χ1n) is 7.86. The van der Waals surface area contributed by atoms with Crippen LogP contribution in [0.4, 0.5) is 5.69 Å². The Morgan fingerprint density at radius 3 is 2.74 bits per heavy atom. The van der Waals surface area contributed by atoms with Crippen molar-refractivity contribution >= 4 is 17.9 Å². The molecular formula is C17H24N2O4. The highest BCUT2D eigenvalue weighted by atomic mass is 16.5. The molecule has 0 radical (unpaired) electrons. The van der Waals surface area contributed by atoms with Gasteiger partial charge in [0.1, 0.15) is 6.29 Å². The zero-order valence-electron chi connectivity index (χ0n) is 14.2. The highest BCUT2D eigenvalue weighted by Gasteiger charge is 2.34. The van der Waals surface area contributed by atoms with E-state index in [0.29, 0.717) is 42.4 Å². The normalized spacial score (nSPS) is 17.0.